The van der Waals surface area contributed by atoms with Gasteiger partial charge in [0, 0.05) is 0 Å². The highest BCUT2D eigenvalue weighted by molar-refractivity contribution is 7.80. The summed E-state index contributed by atoms with van der Waals surface area (Å²) in [4.78, 5) is 0. The topological polar surface area (TPSA) is 21.7 Å². The van der Waals surface area contributed by atoms with Gasteiger partial charge in [-0.2, -0.15) is 0 Å². The number of nitrogens with zero attached hydrogens (tertiary/aromatic N) is 3. The molecule has 0 aliphatic carbocycles. The molecule has 0 unspecified atom stereocenters. The van der Waals surface area contributed by atoms with E-state index in [1.807, 2.05) is 29.4 Å². The summed E-state index contributed by atoms with van der Waals surface area (Å²) in [6, 6.07) is 0. The summed E-state index contributed by atoms with van der Waals surface area (Å²) in [7, 11) is 3.89. The molecule has 66 valence electrons. The molecular formula is C8H14N3S+. The van der Waals surface area contributed by atoms with Crippen LogP contribution in [0.25, 0.3) is 0 Å². The third-order valence-electron chi connectivity index (χ3n) is 1.87. The van der Waals surface area contributed by atoms with Crippen molar-refractivity contribution in [1.82, 2.24) is 9.67 Å². The SMILES string of the molecule is C=CCCc1n(C)c(S)n[n+]1C. The van der Waals surface area contributed by atoms with Crippen LogP contribution in [0.2, 0.25) is 0 Å². The number of thiol groups is 1. The van der Waals surface area contributed by atoms with Crippen molar-refractivity contribution in [2.24, 2.45) is 14.1 Å². The Morgan fingerprint density at radius 3 is 2.83 bits per heavy atom. The van der Waals surface area contributed by atoms with Crippen LogP contribution in [-0.2, 0) is 20.5 Å². The van der Waals surface area contributed by atoms with Crippen LogP contribution in [0, 0.1) is 0 Å². The summed E-state index contributed by atoms with van der Waals surface area (Å²) in [5, 5.41) is 4.92. The molecule has 12 heavy (non-hydrogen) atoms. The highest BCUT2D eigenvalue weighted by atomic mass is 32.1. The molecule has 1 rings (SSSR count). The Morgan fingerprint density at radius 1 is 1.75 bits per heavy atom. The quantitative estimate of drug-likeness (QED) is 0.416. The number of aromatic nitrogens is 3. The Bertz CT molecular complexity index is 291. The van der Waals surface area contributed by atoms with E-state index in [0.717, 1.165) is 18.0 Å². The summed E-state index contributed by atoms with van der Waals surface area (Å²) in [5.74, 6) is 1.17. The van der Waals surface area contributed by atoms with E-state index in [-0.39, 0.29) is 0 Å². The largest absolute Gasteiger partial charge is 0.291 e. The lowest BCUT2D eigenvalue weighted by atomic mass is 10.3. The van der Waals surface area contributed by atoms with E-state index in [2.05, 4.69) is 24.3 Å². The van der Waals surface area contributed by atoms with Crippen LogP contribution >= 0.6 is 12.6 Å². The average Bonchev–Trinajstić information content (AvgIpc) is 2.25. The Kier molecular flexibility index (Phi) is 2.92. The van der Waals surface area contributed by atoms with Crippen molar-refractivity contribution in [3.63, 3.8) is 0 Å². The van der Waals surface area contributed by atoms with Gasteiger partial charge in [-0.05, 0) is 11.5 Å². The molecule has 0 bridgehead atoms. The molecule has 1 aromatic heterocycles. The Balaban J connectivity index is 2.89. The van der Waals surface area contributed by atoms with E-state index >= 15 is 0 Å². The number of aryl methyl sites for hydroxylation is 1. The third kappa shape index (κ3) is 1.69. The number of hydrogen-bond acceptors (Lipinski definition) is 2. The summed E-state index contributed by atoms with van der Waals surface area (Å²) in [6.07, 6.45) is 3.84. The molecule has 4 heteroatoms. The van der Waals surface area contributed by atoms with Gasteiger partial charge >= 0.3 is 0 Å². The maximum absolute atomic E-state index is 4.22. The predicted octanol–water partition coefficient (Wildman–Crippen LogP) is 0.652. The van der Waals surface area contributed by atoms with Crippen molar-refractivity contribution in [3.05, 3.63) is 18.5 Å². The maximum Gasteiger partial charge on any atom is 0.291 e. The minimum atomic E-state index is 0.747. The Morgan fingerprint density at radius 2 is 2.42 bits per heavy atom. The van der Waals surface area contributed by atoms with Gasteiger partial charge in [0.05, 0.1) is 13.5 Å². The van der Waals surface area contributed by atoms with E-state index in [1.54, 1.807) is 0 Å². The Labute approximate surface area is 78.1 Å². The molecule has 0 saturated heterocycles. The van der Waals surface area contributed by atoms with Gasteiger partial charge in [-0.25, -0.2) is 4.57 Å². The minimum Gasteiger partial charge on any atom is -0.208 e. The second kappa shape index (κ2) is 3.76. The minimum absolute atomic E-state index is 0.747. The summed E-state index contributed by atoms with van der Waals surface area (Å²) >= 11 is 4.22. The second-order valence-corrected chi connectivity index (χ2v) is 3.13. The monoisotopic (exact) mass is 184 g/mol. The zero-order chi connectivity index (χ0) is 9.14. The van der Waals surface area contributed by atoms with Crippen molar-refractivity contribution in [2.75, 3.05) is 0 Å². The smallest absolute Gasteiger partial charge is 0.208 e. The molecule has 0 atom stereocenters. The first-order valence-corrected chi connectivity index (χ1v) is 4.33. The van der Waals surface area contributed by atoms with E-state index in [9.17, 15) is 0 Å². The summed E-state index contributed by atoms with van der Waals surface area (Å²) in [6.45, 7) is 3.68. The maximum atomic E-state index is 4.22. The predicted molar refractivity (Wildman–Crippen MR) is 50.2 cm³/mol. The standard InChI is InChI=1S/C8H13N3S/c1-4-5-6-7-10(2)8(12)9-11(7)3/h4H,1,5-6H2,2-3H3/p+1. The highest BCUT2D eigenvalue weighted by Crippen LogP contribution is 2.03. The molecule has 1 heterocycles. The molecule has 0 aliphatic heterocycles. The van der Waals surface area contributed by atoms with Crippen molar-refractivity contribution in [3.8, 4) is 0 Å². The molecule has 1 aromatic rings. The first kappa shape index (κ1) is 9.32. The molecule has 0 fully saturated rings. The lowest BCUT2D eigenvalue weighted by molar-refractivity contribution is -0.737. The molecule has 0 radical (unpaired) electrons. The van der Waals surface area contributed by atoms with E-state index in [1.165, 1.54) is 5.82 Å². The zero-order valence-corrected chi connectivity index (χ0v) is 8.38. The molecule has 0 aromatic carbocycles. The van der Waals surface area contributed by atoms with E-state index in [4.69, 9.17) is 0 Å². The van der Waals surface area contributed by atoms with Gasteiger partial charge in [0.15, 0.2) is 0 Å². The molecule has 0 N–H and O–H groups in total. The van der Waals surface area contributed by atoms with Crippen molar-refractivity contribution in [2.45, 2.75) is 18.0 Å². The summed E-state index contributed by atoms with van der Waals surface area (Å²) in [5.41, 5.74) is 0. The Hall–Kier alpha value is -0.770. The van der Waals surface area contributed by atoms with Crippen LogP contribution in [0.15, 0.2) is 17.8 Å². The van der Waals surface area contributed by atoms with Gasteiger partial charge in [0.25, 0.3) is 11.0 Å². The van der Waals surface area contributed by atoms with Crippen molar-refractivity contribution >= 4 is 12.6 Å². The fraction of sp³-hybridized carbons (Fsp3) is 0.500. The molecule has 0 amide bonds. The normalized spacial score (nSPS) is 10.2. The van der Waals surface area contributed by atoms with E-state index in [0.29, 0.717) is 0 Å². The van der Waals surface area contributed by atoms with Crippen molar-refractivity contribution < 1.29 is 4.68 Å². The van der Waals surface area contributed by atoms with Gasteiger partial charge in [0.1, 0.15) is 7.05 Å². The zero-order valence-electron chi connectivity index (χ0n) is 7.49. The molecule has 3 nitrogen and oxygen atoms in total. The lowest BCUT2D eigenvalue weighted by Gasteiger charge is -1.92. The van der Waals surface area contributed by atoms with Gasteiger partial charge < -0.3 is 0 Å². The van der Waals surface area contributed by atoms with Crippen LogP contribution in [0.5, 0.6) is 0 Å². The van der Waals surface area contributed by atoms with Gasteiger partial charge in [-0.3, -0.25) is 0 Å². The fourth-order valence-electron chi connectivity index (χ4n) is 1.15. The molecule has 0 spiro atoms. The summed E-state index contributed by atoms with van der Waals surface area (Å²) < 4.78 is 3.83. The third-order valence-corrected chi connectivity index (χ3v) is 2.26. The number of hydrogen-bond donors (Lipinski definition) is 1. The molecule has 0 aliphatic rings. The van der Waals surface area contributed by atoms with Crippen LogP contribution in [0.1, 0.15) is 12.2 Å². The first-order chi connectivity index (χ1) is 5.66. The lowest BCUT2D eigenvalue weighted by Crippen LogP contribution is -2.35. The molecular weight excluding hydrogens is 170 g/mol. The fourth-order valence-corrected chi connectivity index (χ4v) is 1.40. The van der Waals surface area contributed by atoms with Gasteiger partial charge in [-0.1, -0.05) is 18.7 Å². The van der Waals surface area contributed by atoms with E-state index < -0.39 is 0 Å². The highest BCUT2D eigenvalue weighted by Gasteiger charge is 2.16. The van der Waals surface area contributed by atoms with Crippen LogP contribution in [-0.4, -0.2) is 9.67 Å². The van der Waals surface area contributed by atoms with Crippen LogP contribution in [0.4, 0.5) is 0 Å². The number of allylic oxidation sites excluding steroid dienone is 1. The second-order valence-electron chi connectivity index (χ2n) is 2.73. The average molecular weight is 184 g/mol. The van der Waals surface area contributed by atoms with Gasteiger partial charge in [0.2, 0.25) is 0 Å². The van der Waals surface area contributed by atoms with Crippen molar-refractivity contribution in [1.29, 1.82) is 0 Å². The van der Waals surface area contributed by atoms with Gasteiger partial charge in [-0.15, -0.1) is 11.3 Å². The number of rotatable bonds is 3. The first-order valence-electron chi connectivity index (χ1n) is 3.88. The van der Waals surface area contributed by atoms with Crippen LogP contribution in [0.3, 0.4) is 0 Å². The molecule has 0 saturated carbocycles. The van der Waals surface area contributed by atoms with Crippen LogP contribution < -0.4 is 4.68 Å².